The van der Waals surface area contributed by atoms with E-state index in [2.05, 4.69) is 15.6 Å². The van der Waals surface area contributed by atoms with Gasteiger partial charge in [-0.3, -0.25) is 4.79 Å². The molecule has 1 heterocycles. The smallest absolute Gasteiger partial charge is 0.475 e. The molecule has 11 heteroatoms. The van der Waals surface area contributed by atoms with Gasteiger partial charge < -0.3 is 20.2 Å². The number of oxazole rings is 1. The van der Waals surface area contributed by atoms with Crippen molar-refractivity contribution in [2.24, 2.45) is 0 Å². The minimum Gasteiger partial charge on any atom is -0.475 e. The molecule has 0 aliphatic heterocycles. The van der Waals surface area contributed by atoms with Crippen LogP contribution in [0.3, 0.4) is 0 Å². The predicted molar refractivity (Wildman–Crippen MR) is 119 cm³/mol. The van der Waals surface area contributed by atoms with Crippen LogP contribution < -0.4 is 10.6 Å². The van der Waals surface area contributed by atoms with Crippen LogP contribution in [0.1, 0.15) is 17.2 Å². The number of amides is 1. The SMILES string of the molecule is O=C(NCc1ccccc1)C(Nc1nc2ccccc2o1)c1ccc(F)cc1.O=C(O)C(F)(F)F. The molecule has 1 amide bonds. The second kappa shape index (κ2) is 11.1. The van der Waals surface area contributed by atoms with Crippen LogP contribution in [-0.2, 0) is 16.1 Å². The first-order chi connectivity index (χ1) is 16.6. The van der Waals surface area contributed by atoms with Crippen LogP contribution in [0.25, 0.3) is 11.1 Å². The molecule has 35 heavy (non-hydrogen) atoms. The van der Waals surface area contributed by atoms with Crippen molar-refractivity contribution in [3.05, 3.63) is 95.8 Å². The molecule has 0 fully saturated rings. The first-order valence-electron chi connectivity index (χ1n) is 10.1. The Morgan fingerprint density at radius 2 is 1.54 bits per heavy atom. The van der Waals surface area contributed by atoms with E-state index in [1.54, 1.807) is 18.2 Å². The molecule has 0 bridgehead atoms. The maximum absolute atomic E-state index is 13.3. The zero-order chi connectivity index (χ0) is 25.4. The fraction of sp³-hybridized carbons (Fsp3) is 0.125. The number of carbonyl (C=O) groups excluding carboxylic acids is 1. The summed E-state index contributed by atoms with van der Waals surface area (Å²) in [7, 11) is 0. The van der Waals surface area contributed by atoms with Crippen molar-refractivity contribution in [2.45, 2.75) is 18.8 Å². The van der Waals surface area contributed by atoms with Gasteiger partial charge >= 0.3 is 12.1 Å². The summed E-state index contributed by atoms with van der Waals surface area (Å²) >= 11 is 0. The van der Waals surface area contributed by atoms with E-state index in [0.717, 1.165) is 5.56 Å². The topological polar surface area (TPSA) is 104 Å². The number of para-hydroxylation sites is 2. The molecule has 4 aromatic rings. The molecule has 182 valence electrons. The lowest BCUT2D eigenvalue weighted by Gasteiger charge is -2.18. The lowest BCUT2D eigenvalue weighted by molar-refractivity contribution is -0.192. The number of fused-ring (bicyclic) bond motifs is 1. The average molecular weight is 489 g/mol. The molecule has 0 aliphatic rings. The molecule has 1 atom stereocenters. The van der Waals surface area contributed by atoms with Crippen molar-refractivity contribution in [3.63, 3.8) is 0 Å². The molecule has 3 N–H and O–H groups in total. The molecule has 7 nitrogen and oxygen atoms in total. The van der Waals surface area contributed by atoms with Crippen molar-refractivity contribution >= 4 is 29.0 Å². The van der Waals surface area contributed by atoms with E-state index in [-0.39, 0.29) is 17.7 Å². The third-order valence-electron chi connectivity index (χ3n) is 4.58. The number of nitrogens with one attached hydrogen (secondary N) is 2. The van der Waals surface area contributed by atoms with E-state index in [9.17, 15) is 22.4 Å². The van der Waals surface area contributed by atoms with Gasteiger partial charge in [0.05, 0.1) is 0 Å². The summed E-state index contributed by atoms with van der Waals surface area (Å²) in [5.41, 5.74) is 2.89. The molecular weight excluding hydrogens is 470 g/mol. The summed E-state index contributed by atoms with van der Waals surface area (Å²) in [5, 5.41) is 13.1. The zero-order valence-corrected chi connectivity index (χ0v) is 17.9. The number of aliphatic carboxylic acids is 1. The van der Waals surface area contributed by atoms with Gasteiger partial charge in [0.15, 0.2) is 5.58 Å². The Bertz CT molecular complexity index is 1240. The Morgan fingerprint density at radius 1 is 0.943 bits per heavy atom. The van der Waals surface area contributed by atoms with Crippen LogP contribution in [0.2, 0.25) is 0 Å². The van der Waals surface area contributed by atoms with Crippen LogP contribution >= 0.6 is 0 Å². The fourth-order valence-electron chi connectivity index (χ4n) is 2.90. The molecule has 0 saturated carbocycles. The number of nitrogens with zero attached hydrogens (tertiary/aromatic N) is 1. The van der Waals surface area contributed by atoms with Gasteiger partial charge in [-0.25, -0.2) is 9.18 Å². The highest BCUT2D eigenvalue weighted by atomic mass is 19.4. The molecule has 4 rings (SSSR count). The van der Waals surface area contributed by atoms with Crippen LogP contribution in [0, 0.1) is 5.82 Å². The third kappa shape index (κ3) is 7.29. The Kier molecular flexibility index (Phi) is 8.03. The van der Waals surface area contributed by atoms with Crippen LogP contribution in [0.4, 0.5) is 23.6 Å². The van der Waals surface area contributed by atoms with Gasteiger partial charge in [-0.15, -0.1) is 0 Å². The molecule has 0 saturated heterocycles. The lowest BCUT2D eigenvalue weighted by atomic mass is 10.1. The highest BCUT2D eigenvalue weighted by Gasteiger charge is 2.38. The summed E-state index contributed by atoms with van der Waals surface area (Å²) in [6, 6.07) is 22.2. The highest BCUT2D eigenvalue weighted by Crippen LogP contribution is 2.24. The van der Waals surface area contributed by atoms with Crippen molar-refractivity contribution in [1.82, 2.24) is 10.3 Å². The molecule has 0 spiro atoms. The first-order valence-corrected chi connectivity index (χ1v) is 10.1. The second-order valence-electron chi connectivity index (χ2n) is 7.12. The number of hydrogen-bond acceptors (Lipinski definition) is 5. The number of hydrogen-bond donors (Lipinski definition) is 3. The number of benzene rings is 3. The van der Waals surface area contributed by atoms with Gasteiger partial charge in [-0.2, -0.15) is 18.2 Å². The van der Waals surface area contributed by atoms with Gasteiger partial charge in [-0.1, -0.05) is 54.6 Å². The van der Waals surface area contributed by atoms with Crippen molar-refractivity contribution in [2.75, 3.05) is 5.32 Å². The first kappa shape index (κ1) is 25.2. The van der Waals surface area contributed by atoms with E-state index in [0.29, 0.717) is 23.2 Å². The number of aromatic nitrogens is 1. The normalized spacial score (nSPS) is 11.8. The Balaban J connectivity index is 0.000000429. The minimum absolute atomic E-state index is 0.227. The molecule has 1 unspecified atom stereocenters. The zero-order valence-electron chi connectivity index (χ0n) is 17.9. The van der Waals surface area contributed by atoms with Gasteiger partial charge in [0.1, 0.15) is 17.4 Å². The lowest BCUT2D eigenvalue weighted by Crippen LogP contribution is -2.33. The van der Waals surface area contributed by atoms with E-state index in [1.165, 1.54) is 12.1 Å². The minimum atomic E-state index is -5.08. The van der Waals surface area contributed by atoms with Crippen LogP contribution in [0.5, 0.6) is 0 Å². The summed E-state index contributed by atoms with van der Waals surface area (Å²) in [5.74, 6) is -3.39. The number of carboxylic acid groups (broad SMARTS) is 1. The van der Waals surface area contributed by atoms with E-state index < -0.39 is 18.2 Å². The average Bonchev–Trinajstić information content (AvgIpc) is 3.25. The summed E-state index contributed by atoms with van der Waals surface area (Å²) in [6.07, 6.45) is -5.08. The molecule has 1 aromatic heterocycles. The summed E-state index contributed by atoms with van der Waals surface area (Å²) in [6.45, 7) is 0.382. The number of carboxylic acids is 1. The standard InChI is InChI=1S/C22H18FN3O2.C2HF3O2/c23-17-12-10-16(11-13-17)20(21(27)24-14-15-6-2-1-3-7-15)26-22-25-18-8-4-5-9-19(18)28-22;3-2(4,5)1(6)7/h1-13,20H,14H2,(H,24,27)(H,25,26);(H,6,7). The number of halogens is 4. The van der Waals surface area contributed by atoms with Gasteiger partial charge in [0.25, 0.3) is 6.01 Å². The predicted octanol–water partition coefficient (Wildman–Crippen LogP) is 5.07. The van der Waals surface area contributed by atoms with Crippen molar-refractivity contribution in [1.29, 1.82) is 0 Å². The van der Waals surface area contributed by atoms with E-state index in [1.807, 2.05) is 48.5 Å². The van der Waals surface area contributed by atoms with Gasteiger partial charge in [-0.05, 0) is 35.4 Å². The van der Waals surface area contributed by atoms with E-state index >= 15 is 0 Å². The second-order valence-corrected chi connectivity index (χ2v) is 7.12. The van der Waals surface area contributed by atoms with Crippen LogP contribution in [-0.4, -0.2) is 28.1 Å². The maximum atomic E-state index is 13.3. The maximum Gasteiger partial charge on any atom is 0.490 e. The quantitative estimate of drug-likeness (QED) is 0.327. The number of carbonyl (C=O) groups is 2. The highest BCUT2D eigenvalue weighted by molar-refractivity contribution is 5.86. The number of anilines is 1. The Hall–Kier alpha value is -4.41. The summed E-state index contributed by atoms with van der Waals surface area (Å²) < 4.78 is 50.8. The molecule has 0 radical (unpaired) electrons. The number of alkyl halides is 3. The number of rotatable bonds is 6. The third-order valence-corrected chi connectivity index (χ3v) is 4.58. The molecule has 0 aliphatic carbocycles. The van der Waals surface area contributed by atoms with Gasteiger partial charge in [0, 0.05) is 6.54 Å². The van der Waals surface area contributed by atoms with E-state index in [4.69, 9.17) is 14.3 Å². The largest absolute Gasteiger partial charge is 0.490 e. The van der Waals surface area contributed by atoms with Crippen molar-refractivity contribution < 1.29 is 36.7 Å². The molecular formula is C24H19F4N3O4. The Labute approximate surface area is 196 Å². The van der Waals surface area contributed by atoms with Crippen molar-refractivity contribution in [3.8, 4) is 0 Å². The van der Waals surface area contributed by atoms with Crippen LogP contribution in [0.15, 0.2) is 83.3 Å². The Morgan fingerprint density at radius 3 is 2.14 bits per heavy atom. The summed E-state index contributed by atoms with van der Waals surface area (Å²) in [4.78, 5) is 26.1. The van der Waals surface area contributed by atoms with Gasteiger partial charge in [0.2, 0.25) is 5.91 Å². The monoisotopic (exact) mass is 489 g/mol. The fourth-order valence-corrected chi connectivity index (χ4v) is 2.90. The molecule has 3 aromatic carbocycles.